The van der Waals surface area contributed by atoms with E-state index in [1.54, 1.807) is 4.68 Å². The van der Waals surface area contributed by atoms with Gasteiger partial charge < -0.3 is 10.2 Å². The van der Waals surface area contributed by atoms with E-state index in [-0.39, 0.29) is 5.92 Å². The molecule has 0 spiro atoms. The number of aliphatic hydroxyl groups excluding tert-OH is 2. The average molecular weight is 211 g/mol. The monoisotopic (exact) mass is 211 g/mol. The highest BCUT2D eigenvalue weighted by atomic mass is 16.3. The minimum absolute atomic E-state index is 0.290. The number of aliphatic hydroxyl groups is 2. The molecule has 1 heterocycles. The summed E-state index contributed by atoms with van der Waals surface area (Å²) in [5.41, 5.74) is 0. The van der Waals surface area contributed by atoms with E-state index in [1.807, 2.05) is 6.92 Å². The lowest BCUT2D eigenvalue weighted by Gasteiger charge is -2.16. The van der Waals surface area contributed by atoms with Gasteiger partial charge in [0.15, 0.2) is 0 Å². The predicted octanol–water partition coefficient (Wildman–Crippen LogP) is -0.0277. The molecule has 5 heteroatoms. The summed E-state index contributed by atoms with van der Waals surface area (Å²) < 4.78 is 1.74. The summed E-state index contributed by atoms with van der Waals surface area (Å²) in [5, 5.41) is 23.5. The lowest BCUT2D eigenvalue weighted by atomic mass is 10.1. The molecule has 5 nitrogen and oxygen atoms in total. The van der Waals surface area contributed by atoms with E-state index in [1.165, 1.54) is 6.33 Å². The van der Waals surface area contributed by atoms with E-state index in [0.717, 1.165) is 25.2 Å². The van der Waals surface area contributed by atoms with Gasteiger partial charge in [-0.1, -0.05) is 0 Å². The van der Waals surface area contributed by atoms with Crippen molar-refractivity contribution < 1.29 is 10.2 Å². The summed E-state index contributed by atoms with van der Waals surface area (Å²) >= 11 is 0. The molecule has 84 valence electrons. The van der Waals surface area contributed by atoms with Crippen LogP contribution in [0.25, 0.3) is 0 Å². The van der Waals surface area contributed by atoms with E-state index >= 15 is 0 Å². The van der Waals surface area contributed by atoms with Crippen molar-refractivity contribution >= 4 is 0 Å². The summed E-state index contributed by atoms with van der Waals surface area (Å²) in [6.45, 7) is 2.71. The molecule has 0 bridgehead atoms. The van der Waals surface area contributed by atoms with Gasteiger partial charge in [-0.25, -0.2) is 4.98 Å². The van der Waals surface area contributed by atoms with Crippen molar-refractivity contribution in [3.8, 4) is 0 Å². The first-order chi connectivity index (χ1) is 7.22. The Morgan fingerprint density at radius 1 is 1.53 bits per heavy atom. The van der Waals surface area contributed by atoms with Crippen molar-refractivity contribution in [2.45, 2.75) is 44.9 Å². The molecule has 1 saturated carbocycles. The number of hydrogen-bond donors (Lipinski definition) is 2. The average Bonchev–Trinajstić information content (AvgIpc) is 2.99. The van der Waals surface area contributed by atoms with Crippen molar-refractivity contribution in [3.63, 3.8) is 0 Å². The first-order valence-electron chi connectivity index (χ1n) is 5.45. The fraction of sp³-hybridized carbons (Fsp3) is 0.800. The normalized spacial score (nSPS) is 20.2. The van der Waals surface area contributed by atoms with Crippen LogP contribution in [0, 0.1) is 5.92 Å². The van der Waals surface area contributed by atoms with Gasteiger partial charge in [0.2, 0.25) is 0 Å². The summed E-state index contributed by atoms with van der Waals surface area (Å²) in [4.78, 5) is 4.07. The van der Waals surface area contributed by atoms with Gasteiger partial charge in [-0.15, -0.1) is 0 Å². The molecule has 1 aliphatic rings. The Bertz CT molecular complexity index is 322. The van der Waals surface area contributed by atoms with E-state index in [0.29, 0.717) is 6.42 Å². The van der Waals surface area contributed by atoms with Gasteiger partial charge >= 0.3 is 0 Å². The maximum atomic E-state index is 9.79. The van der Waals surface area contributed by atoms with Crippen LogP contribution in [0.4, 0.5) is 0 Å². The number of aryl methyl sites for hydroxylation is 1. The molecule has 2 rings (SSSR count). The number of rotatable bonds is 5. The Kier molecular flexibility index (Phi) is 3.02. The third kappa shape index (κ3) is 2.35. The number of hydrogen-bond acceptors (Lipinski definition) is 4. The maximum absolute atomic E-state index is 9.79. The zero-order valence-electron chi connectivity index (χ0n) is 8.87. The van der Waals surface area contributed by atoms with Gasteiger partial charge in [0.1, 0.15) is 12.2 Å². The molecule has 1 aliphatic carbocycles. The van der Waals surface area contributed by atoms with Crippen LogP contribution in [0.5, 0.6) is 0 Å². The molecule has 2 N–H and O–H groups in total. The predicted molar refractivity (Wildman–Crippen MR) is 54.1 cm³/mol. The highest BCUT2D eigenvalue weighted by molar-refractivity contribution is 4.93. The lowest BCUT2D eigenvalue weighted by Crippen LogP contribution is -2.30. The molecule has 0 saturated heterocycles. The summed E-state index contributed by atoms with van der Waals surface area (Å²) in [5.74, 6) is 1.03. The topological polar surface area (TPSA) is 71.2 Å². The minimum Gasteiger partial charge on any atom is -0.390 e. The quantitative estimate of drug-likeness (QED) is 0.717. The molecule has 1 aromatic heterocycles. The van der Waals surface area contributed by atoms with Crippen LogP contribution in [-0.2, 0) is 13.0 Å². The Morgan fingerprint density at radius 2 is 2.27 bits per heavy atom. The van der Waals surface area contributed by atoms with E-state index in [2.05, 4.69) is 10.1 Å². The van der Waals surface area contributed by atoms with Crippen molar-refractivity contribution in [1.82, 2.24) is 14.8 Å². The second-order valence-electron chi connectivity index (χ2n) is 4.09. The van der Waals surface area contributed by atoms with Crippen LogP contribution < -0.4 is 0 Å². The molecular formula is C10H17N3O2. The lowest BCUT2D eigenvalue weighted by molar-refractivity contribution is 0.00514. The van der Waals surface area contributed by atoms with E-state index < -0.39 is 12.2 Å². The van der Waals surface area contributed by atoms with Gasteiger partial charge in [0.25, 0.3) is 0 Å². The van der Waals surface area contributed by atoms with Crippen LogP contribution in [-0.4, -0.2) is 37.2 Å². The van der Waals surface area contributed by atoms with Crippen molar-refractivity contribution in [1.29, 1.82) is 0 Å². The van der Waals surface area contributed by atoms with Crippen LogP contribution in [0.1, 0.15) is 25.6 Å². The van der Waals surface area contributed by atoms with E-state index in [9.17, 15) is 10.2 Å². The van der Waals surface area contributed by atoms with Crippen LogP contribution in [0.15, 0.2) is 6.33 Å². The molecule has 1 aromatic rings. The Labute approximate surface area is 88.8 Å². The molecule has 1 fully saturated rings. The largest absolute Gasteiger partial charge is 0.390 e. The first kappa shape index (κ1) is 10.6. The number of nitrogens with zero attached hydrogens (tertiary/aromatic N) is 3. The van der Waals surface area contributed by atoms with Crippen LogP contribution in [0.2, 0.25) is 0 Å². The van der Waals surface area contributed by atoms with Gasteiger partial charge in [-0.3, -0.25) is 4.68 Å². The maximum Gasteiger partial charge on any atom is 0.138 e. The van der Waals surface area contributed by atoms with E-state index in [4.69, 9.17) is 0 Å². The molecule has 0 amide bonds. The fourth-order valence-corrected chi connectivity index (χ4v) is 1.77. The Hall–Kier alpha value is -0.940. The third-order valence-corrected chi connectivity index (χ3v) is 2.89. The molecule has 0 aromatic carbocycles. The molecular weight excluding hydrogens is 194 g/mol. The van der Waals surface area contributed by atoms with Crippen molar-refractivity contribution in [3.05, 3.63) is 12.2 Å². The summed E-state index contributed by atoms with van der Waals surface area (Å²) in [7, 11) is 0. The van der Waals surface area contributed by atoms with Gasteiger partial charge in [-0.2, -0.15) is 5.10 Å². The number of aromatic nitrogens is 3. The molecule has 0 aliphatic heterocycles. The molecule has 2 unspecified atom stereocenters. The minimum atomic E-state index is -0.716. The zero-order valence-corrected chi connectivity index (χ0v) is 8.87. The van der Waals surface area contributed by atoms with Crippen molar-refractivity contribution in [2.24, 2.45) is 5.92 Å². The van der Waals surface area contributed by atoms with Gasteiger partial charge in [0.05, 0.1) is 12.2 Å². The second-order valence-corrected chi connectivity index (χ2v) is 4.09. The van der Waals surface area contributed by atoms with Crippen molar-refractivity contribution in [2.75, 3.05) is 0 Å². The van der Waals surface area contributed by atoms with Gasteiger partial charge in [-0.05, 0) is 25.7 Å². The molecule has 15 heavy (non-hydrogen) atoms. The Morgan fingerprint density at radius 3 is 2.87 bits per heavy atom. The van der Waals surface area contributed by atoms with Crippen LogP contribution >= 0.6 is 0 Å². The Balaban J connectivity index is 1.95. The molecule has 0 radical (unpaired) electrons. The summed E-state index contributed by atoms with van der Waals surface area (Å²) in [6, 6.07) is 0. The standard InChI is InChI=1S/C10H17N3O2/c1-2-13-9(11-6-12-13)5-8(14)10(15)7-3-4-7/h6-8,10,14-15H,2-5H2,1H3. The second kappa shape index (κ2) is 4.28. The summed E-state index contributed by atoms with van der Waals surface area (Å²) in [6.07, 6.45) is 2.59. The SMILES string of the molecule is CCn1ncnc1CC(O)C(O)C1CC1. The third-order valence-electron chi connectivity index (χ3n) is 2.89. The van der Waals surface area contributed by atoms with Gasteiger partial charge in [0, 0.05) is 13.0 Å². The first-order valence-corrected chi connectivity index (χ1v) is 5.45. The fourth-order valence-electron chi connectivity index (χ4n) is 1.77. The highest BCUT2D eigenvalue weighted by Gasteiger charge is 2.34. The zero-order chi connectivity index (χ0) is 10.8. The van der Waals surface area contributed by atoms with Crippen LogP contribution in [0.3, 0.4) is 0 Å². The molecule has 2 atom stereocenters. The smallest absolute Gasteiger partial charge is 0.138 e. The highest BCUT2D eigenvalue weighted by Crippen LogP contribution is 2.34.